The minimum Gasteiger partial charge on any atom is -0.353 e. The molecule has 1 aromatic heterocycles. The number of unbranched alkanes of at least 4 members (excludes halogenated alkanes) is 3. The highest BCUT2D eigenvalue weighted by atomic mass is 16.2. The van der Waals surface area contributed by atoms with E-state index in [0.29, 0.717) is 25.2 Å². The van der Waals surface area contributed by atoms with Gasteiger partial charge in [-0.2, -0.15) is 0 Å². The van der Waals surface area contributed by atoms with Gasteiger partial charge in [-0.25, -0.2) is 0 Å². The number of hydrogen-bond acceptors (Lipinski definition) is 2. The predicted octanol–water partition coefficient (Wildman–Crippen LogP) is 6.01. The second-order valence-corrected chi connectivity index (χ2v) is 9.33. The van der Waals surface area contributed by atoms with Crippen LogP contribution < -0.4 is 0 Å². The van der Waals surface area contributed by atoms with Crippen LogP contribution in [0.3, 0.4) is 0 Å². The molecular formula is C31H39N3O2. The molecule has 5 nitrogen and oxygen atoms in total. The van der Waals surface area contributed by atoms with Crippen molar-refractivity contribution in [2.24, 2.45) is 7.05 Å². The Kier molecular flexibility index (Phi) is 10.6. The Bertz CT molecular complexity index is 1100. The van der Waals surface area contributed by atoms with Crippen molar-refractivity contribution >= 4 is 11.8 Å². The first-order valence-electron chi connectivity index (χ1n) is 12.9. The number of benzene rings is 2. The Balaban J connectivity index is 1.71. The number of carbonyl (C=O) groups excluding carboxylic acids is 2. The normalized spacial score (nSPS) is 10.7. The van der Waals surface area contributed by atoms with Gasteiger partial charge in [0.05, 0.1) is 6.54 Å². The molecule has 0 radical (unpaired) electrons. The van der Waals surface area contributed by atoms with Gasteiger partial charge in [-0.1, -0.05) is 74.7 Å². The van der Waals surface area contributed by atoms with Crippen LogP contribution in [0.15, 0.2) is 85.6 Å². The van der Waals surface area contributed by atoms with Gasteiger partial charge in [0.1, 0.15) is 6.54 Å². The Morgan fingerprint density at radius 1 is 0.861 bits per heavy atom. The van der Waals surface area contributed by atoms with Crippen LogP contribution in [0.4, 0.5) is 0 Å². The fourth-order valence-corrected chi connectivity index (χ4v) is 4.28. The Hall–Kier alpha value is -3.60. The van der Waals surface area contributed by atoms with Gasteiger partial charge < -0.3 is 14.4 Å². The minimum atomic E-state index is -0.153. The summed E-state index contributed by atoms with van der Waals surface area (Å²) in [5.41, 5.74) is 3.93. The SMILES string of the molecule is C=CCN(CC(=O)N(Cc1ccccc1)Cc1cccn1C)C(=O)c1ccc(CCCCCC)cc1. The lowest BCUT2D eigenvalue weighted by Crippen LogP contribution is -2.42. The zero-order valence-corrected chi connectivity index (χ0v) is 21.7. The van der Waals surface area contributed by atoms with Crippen LogP contribution in [0.2, 0.25) is 0 Å². The predicted molar refractivity (Wildman–Crippen MR) is 146 cm³/mol. The zero-order valence-electron chi connectivity index (χ0n) is 21.7. The minimum absolute atomic E-state index is 0.000872. The summed E-state index contributed by atoms with van der Waals surface area (Å²) in [4.78, 5) is 30.2. The van der Waals surface area contributed by atoms with E-state index >= 15 is 0 Å². The second-order valence-electron chi connectivity index (χ2n) is 9.33. The lowest BCUT2D eigenvalue weighted by atomic mass is 10.0. The van der Waals surface area contributed by atoms with Crippen LogP contribution in [0.5, 0.6) is 0 Å². The van der Waals surface area contributed by atoms with Gasteiger partial charge in [0.25, 0.3) is 5.91 Å². The molecule has 0 aliphatic rings. The van der Waals surface area contributed by atoms with Gasteiger partial charge in [-0.3, -0.25) is 9.59 Å². The summed E-state index contributed by atoms with van der Waals surface area (Å²) < 4.78 is 2.02. The lowest BCUT2D eigenvalue weighted by Gasteiger charge is -2.27. The summed E-state index contributed by atoms with van der Waals surface area (Å²) >= 11 is 0. The maximum atomic E-state index is 13.5. The van der Waals surface area contributed by atoms with Crippen molar-refractivity contribution in [3.63, 3.8) is 0 Å². The van der Waals surface area contributed by atoms with Gasteiger partial charge in [0, 0.05) is 37.6 Å². The van der Waals surface area contributed by atoms with E-state index in [9.17, 15) is 9.59 Å². The maximum absolute atomic E-state index is 13.5. The zero-order chi connectivity index (χ0) is 25.8. The van der Waals surface area contributed by atoms with E-state index in [-0.39, 0.29) is 18.4 Å². The first-order chi connectivity index (χ1) is 17.5. The van der Waals surface area contributed by atoms with Crippen molar-refractivity contribution in [1.82, 2.24) is 14.4 Å². The number of aromatic nitrogens is 1. The average molecular weight is 486 g/mol. The van der Waals surface area contributed by atoms with Crippen LogP contribution in [0, 0.1) is 0 Å². The number of carbonyl (C=O) groups is 2. The molecule has 0 spiro atoms. The summed E-state index contributed by atoms with van der Waals surface area (Å²) in [6.07, 6.45) is 9.54. The smallest absolute Gasteiger partial charge is 0.254 e. The van der Waals surface area contributed by atoms with Crippen LogP contribution >= 0.6 is 0 Å². The third kappa shape index (κ3) is 7.98. The number of hydrogen-bond donors (Lipinski definition) is 0. The van der Waals surface area contributed by atoms with Gasteiger partial charge in [-0.05, 0) is 48.2 Å². The summed E-state index contributed by atoms with van der Waals surface area (Å²) in [6, 6.07) is 21.8. The molecule has 0 aliphatic heterocycles. The fourth-order valence-electron chi connectivity index (χ4n) is 4.28. The van der Waals surface area contributed by atoms with Crippen LogP contribution in [0.25, 0.3) is 0 Å². The Morgan fingerprint density at radius 2 is 1.61 bits per heavy atom. The quantitative estimate of drug-likeness (QED) is 0.207. The molecule has 0 unspecified atom stereocenters. The molecule has 2 amide bonds. The van der Waals surface area contributed by atoms with E-state index < -0.39 is 0 Å². The molecule has 5 heteroatoms. The molecule has 0 fully saturated rings. The molecule has 2 aromatic carbocycles. The third-order valence-electron chi connectivity index (χ3n) is 6.46. The first kappa shape index (κ1) is 27.0. The molecule has 3 rings (SSSR count). The van der Waals surface area contributed by atoms with Crippen molar-refractivity contribution in [2.45, 2.75) is 52.1 Å². The summed E-state index contributed by atoms with van der Waals surface area (Å²) in [5.74, 6) is -0.248. The maximum Gasteiger partial charge on any atom is 0.254 e. The molecule has 0 saturated carbocycles. The molecule has 1 heterocycles. The Labute approximate surface area is 216 Å². The number of rotatable bonds is 14. The van der Waals surface area contributed by atoms with Crippen molar-refractivity contribution < 1.29 is 9.59 Å². The molecule has 0 aliphatic carbocycles. The van der Waals surface area contributed by atoms with Gasteiger partial charge in [0.15, 0.2) is 0 Å². The average Bonchev–Trinajstić information content (AvgIpc) is 3.30. The number of amides is 2. The van der Waals surface area contributed by atoms with Crippen molar-refractivity contribution in [1.29, 1.82) is 0 Å². The highest BCUT2D eigenvalue weighted by Crippen LogP contribution is 2.14. The van der Waals surface area contributed by atoms with Crippen LogP contribution in [-0.2, 0) is 31.4 Å². The molecule has 0 atom stereocenters. The van der Waals surface area contributed by atoms with Crippen LogP contribution in [0.1, 0.15) is 59.8 Å². The topological polar surface area (TPSA) is 45.6 Å². The monoisotopic (exact) mass is 485 g/mol. The van der Waals surface area contributed by atoms with Crippen LogP contribution in [-0.4, -0.2) is 39.3 Å². The van der Waals surface area contributed by atoms with Gasteiger partial charge >= 0.3 is 0 Å². The Morgan fingerprint density at radius 3 is 2.25 bits per heavy atom. The molecular weight excluding hydrogens is 446 g/mol. The van der Waals surface area contributed by atoms with E-state index in [1.807, 2.05) is 89.4 Å². The summed E-state index contributed by atoms with van der Waals surface area (Å²) in [7, 11) is 1.97. The second kappa shape index (κ2) is 14.1. The number of aryl methyl sites for hydroxylation is 2. The van der Waals surface area contributed by atoms with E-state index in [1.165, 1.54) is 24.8 Å². The molecule has 3 aromatic rings. The van der Waals surface area contributed by atoms with Crippen molar-refractivity contribution in [3.05, 3.63) is 108 Å². The molecule has 190 valence electrons. The van der Waals surface area contributed by atoms with Crippen molar-refractivity contribution in [3.8, 4) is 0 Å². The van der Waals surface area contributed by atoms with E-state index in [1.54, 1.807) is 11.0 Å². The summed E-state index contributed by atoms with van der Waals surface area (Å²) in [6.45, 7) is 7.29. The van der Waals surface area contributed by atoms with E-state index in [4.69, 9.17) is 0 Å². The highest BCUT2D eigenvalue weighted by molar-refractivity contribution is 5.96. The first-order valence-corrected chi connectivity index (χ1v) is 12.9. The van der Waals surface area contributed by atoms with E-state index in [0.717, 1.165) is 24.1 Å². The molecule has 0 saturated heterocycles. The van der Waals surface area contributed by atoms with E-state index in [2.05, 4.69) is 13.5 Å². The third-order valence-corrected chi connectivity index (χ3v) is 6.46. The standard InChI is InChI=1S/C31H39N3O2/c1-4-6-7-9-13-26-17-19-28(20-18-26)31(36)33(21-5-2)25-30(35)34(23-27-14-10-8-11-15-27)24-29-16-12-22-32(29)3/h5,8,10-12,14-20,22H,2,4,6-7,9,13,21,23-25H2,1,3H3. The number of nitrogens with zero attached hydrogens (tertiary/aromatic N) is 3. The van der Waals surface area contributed by atoms with Crippen molar-refractivity contribution in [2.75, 3.05) is 13.1 Å². The molecule has 36 heavy (non-hydrogen) atoms. The highest BCUT2D eigenvalue weighted by Gasteiger charge is 2.22. The fraction of sp³-hybridized carbons (Fsp3) is 0.355. The molecule has 0 N–H and O–H groups in total. The summed E-state index contributed by atoms with van der Waals surface area (Å²) in [5, 5.41) is 0. The molecule has 0 bridgehead atoms. The lowest BCUT2D eigenvalue weighted by molar-refractivity contribution is -0.133. The largest absolute Gasteiger partial charge is 0.353 e. The van der Waals surface area contributed by atoms with Gasteiger partial charge in [0.2, 0.25) is 5.91 Å². The van der Waals surface area contributed by atoms with Gasteiger partial charge in [-0.15, -0.1) is 6.58 Å².